The number of alkyl halides is 3. The van der Waals surface area contributed by atoms with Crippen molar-refractivity contribution in [3.05, 3.63) is 11.1 Å². The van der Waals surface area contributed by atoms with Gasteiger partial charge in [0.2, 0.25) is 0 Å². The molecule has 16 heavy (non-hydrogen) atoms. The molecular formula is C12H12Cl4. The van der Waals surface area contributed by atoms with E-state index in [1.165, 1.54) is 6.42 Å². The number of hydrogen-bond acceptors (Lipinski definition) is 0. The standard InChI is InChI=1S/C12H12Cl4/c13-8-2-4-1-6(11(8)14)5-3-7-10(9(4)5)12(7,15)16/h2,4-7,9-11H,1,3H2/t4-,5-,6-,7+,9+,10+,11+/m1/s1. The van der Waals surface area contributed by atoms with E-state index in [0.29, 0.717) is 35.5 Å². The predicted molar refractivity (Wildman–Crippen MR) is 68.2 cm³/mol. The molecule has 0 aliphatic heterocycles. The first-order valence-corrected chi connectivity index (χ1v) is 7.48. The SMILES string of the molecule is ClC1=C[C@H]2C[C@H]([C@H]3C[C@H]4[C@@H]([C@H]32)C4(Cl)Cl)[C@@H]1Cl. The molecule has 0 N–H and O–H groups in total. The molecule has 0 amide bonds. The van der Waals surface area contributed by atoms with Crippen molar-refractivity contribution >= 4 is 46.4 Å². The number of rotatable bonds is 0. The van der Waals surface area contributed by atoms with E-state index in [2.05, 4.69) is 6.08 Å². The Morgan fingerprint density at radius 1 is 1.19 bits per heavy atom. The Morgan fingerprint density at radius 3 is 2.69 bits per heavy atom. The second kappa shape index (κ2) is 3.07. The number of fused-ring (bicyclic) bond motifs is 7. The normalized spacial score (nSPS) is 60.2. The van der Waals surface area contributed by atoms with Crippen molar-refractivity contribution in [3.63, 3.8) is 0 Å². The van der Waals surface area contributed by atoms with Gasteiger partial charge in [0, 0.05) is 11.0 Å². The van der Waals surface area contributed by atoms with Gasteiger partial charge in [0.15, 0.2) is 0 Å². The molecule has 4 aliphatic rings. The molecule has 0 heterocycles. The van der Waals surface area contributed by atoms with Gasteiger partial charge < -0.3 is 0 Å². The zero-order valence-corrected chi connectivity index (χ0v) is 11.6. The lowest BCUT2D eigenvalue weighted by Crippen LogP contribution is -2.23. The van der Waals surface area contributed by atoms with E-state index in [1.54, 1.807) is 0 Å². The molecule has 0 aromatic carbocycles. The molecule has 4 rings (SSSR count). The highest BCUT2D eigenvalue weighted by Crippen LogP contribution is 2.76. The van der Waals surface area contributed by atoms with E-state index in [9.17, 15) is 0 Å². The van der Waals surface area contributed by atoms with Crippen LogP contribution in [-0.4, -0.2) is 9.71 Å². The highest BCUT2D eigenvalue weighted by Gasteiger charge is 2.75. The molecule has 0 saturated heterocycles. The summed E-state index contributed by atoms with van der Waals surface area (Å²) in [5, 5.41) is 0.884. The molecule has 88 valence electrons. The average molecular weight is 298 g/mol. The maximum Gasteiger partial charge on any atom is 0.125 e. The number of hydrogen-bond donors (Lipinski definition) is 0. The summed E-state index contributed by atoms with van der Waals surface area (Å²) in [6.07, 6.45) is 4.52. The summed E-state index contributed by atoms with van der Waals surface area (Å²) in [4.78, 5) is 0. The molecule has 7 atom stereocenters. The van der Waals surface area contributed by atoms with Crippen molar-refractivity contribution in [1.29, 1.82) is 0 Å². The Hall–Kier alpha value is 0.900. The molecule has 0 nitrogen and oxygen atoms in total. The van der Waals surface area contributed by atoms with Crippen molar-refractivity contribution in [2.45, 2.75) is 22.6 Å². The Balaban J connectivity index is 1.72. The van der Waals surface area contributed by atoms with Crippen molar-refractivity contribution in [2.24, 2.45) is 35.5 Å². The fourth-order valence-electron chi connectivity index (χ4n) is 4.67. The summed E-state index contributed by atoms with van der Waals surface area (Å²) >= 11 is 25.2. The molecular weight excluding hydrogens is 286 g/mol. The molecule has 0 unspecified atom stereocenters. The van der Waals surface area contributed by atoms with Gasteiger partial charge in [0.25, 0.3) is 0 Å². The molecule has 4 heteroatoms. The summed E-state index contributed by atoms with van der Waals surface area (Å²) < 4.78 is -0.444. The fourth-order valence-corrected chi connectivity index (χ4v) is 6.27. The van der Waals surface area contributed by atoms with Crippen molar-refractivity contribution < 1.29 is 0 Å². The minimum absolute atomic E-state index is 0.0328. The van der Waals surface area contributed by atoms with Crippen LogP contribution in [0.4, 0.5) is 0 Å². The van der Waals surface area contributed by atoms with Gasteiger partial charge in [-0.3, -0.25) is 0 Å². The Labute approximate surface area is 115 Å². The third-order valence-corrected chi connectivity index (χ3v) is 7.40. The van der Waals surface area contributed by atoms with Gasteiger partial charge in [0.05, 0.1) is 5.38 Å². The average Bonchev–Trinajstić information content (AvgIpc) is 2.63. The minimum Gasteiger partial charge on any atom is -0.117 e. The predicted octanol–water partition coefficient (Wildman–Crippen LogP) is 4.42. The molecule has 4 aliphatic carbocycles. The van der Waals surface area contributed by atoms with E-state index in [1.807, 2.05) is 0 Å². The van der Waals surface area contributed by atoms with Crippen LogP contribution in [0.2, 0.25) is 0 Å². The lowest BCUT2D eigenvalue weighted by atomic mass is 9.86. The van der Waals surface area contributed by atoms with Gasteiger partial charge in [-0.2, -0.15) is 0 Å². The minimum atomic E-state index is -0.444. The molecule has 0 aromatic rings. The quantitative estimate of drug-likeness (QED) is 0.581. The first kappa shape index (κ1) is 10.8. The van der Waals surface area contributed by atoms with Crippen molar-refractivity contribution in [3.8, 4) is 0 Å². The van der Waals surface area contributed by atoms with Crippen LogP contribution in [0.1, 0.15) is 12.8 Å². The second-order valence-electron chi connectivity index (χ2n) is 5.80. The first-order valence-electron chi connectivity index (χ1n) is 5.91. The second-order valence-corrected chi connectivity index (χ2v) is 8.15. The smallest absolute Gasteiger partial charge is 0.117 e. The van der Waals surface area contributed by atoms with E-state index < -0.39 is 4.33 Å². The first-order chi connectivity index (χ1) is 7.51. The third kappa shape index (κ3) is 1.11. The zero-order chi connectivity index (χ0) is 11.2. The molecule has 0 radical (unpaired) electrons. The summed E-state index contributed by atoms with van der Waals surface area (Å²) in [5.74, 6) is 3.50. The molecule has 3 saturated carbocycles. The van der Waals surface area contributed by atoms with E-state index >= 15 is 0 Å². The van der Waals surface area contributed by atoms with Gasteiger partial charge in [-0.1, -0.05) is 17.7 Å². The summed E-state index contributed by atoms with van der Waals surface area (Å²) in [5.41, 5.74) is 0. The highest BCUT2D eigenvalue weighted by atomic mass is 35.5. The molecule has 2 bridgehead atoms. The summed E-state index contributed by atoms with van der Waals surface area (Å²) in [7, 11) is 0. The lowest BCUT2D eigenvalue weighted by Gasteiger charge is -2.25. The monoisotopic (exact) mass is 296 g/mol. The van der Waals surface area contributed by atoms with Gasteiger partial charge in [-0.05, 0) is 42.4 Å². The molecule has 0 spiro atoms. The van der Waals surface area contributed by atoms with Gasteiger partial charge in [0.1, 0.15) is 4.33 Å². The van der Waals surface area contributed by atoms with Gasteiger partial charge >= 0.3 is 0 Å². The van der Waals surface area contributed by atoms with Crippen molar-refractivity contribution in [1.82, 2.24) is 0 Å². The molecule has 3 fully saturated rings. The molecule has 0 aromatic heterocycles. The van der Waals surface area contributed by atoms with Gasteiger partial charge in [-0.15, -0.1) is 34.8 Å². The van der Waals surface area contributed by atoms with Crippen LogP contribution < -0.4 is 0 Å². The zero-order valence-electron chi connectivity index (χ0n) is 8.54. The highest BCUT2D eigenvalue weighted by molar-refractivity contribution is 6.51. The Kier molecular flexibility index (Phi) is 2.07. The van der Waals surface area contributed by atoms with Crippen LogP contribution in [-0.2, 0) is 0 Å². The summed E-state index contributed by atoms with van der Waals surface area (Å²) in [6, 6.07) is 0. The van der Waals surface area contributed by atoms with E-state index in [-0.39, 0.29) is 5.38 Å². The van der Waals surface area contributed by atoms with E-state index in [0.717, 1.165) is 11.5 Å². The number of halogens is 4. The van der Waals surface area contributed by atoms with Crippen LogP contribution in [0, 0.1) is 35.5 Å². The van der Waals surface area contributed by atoms with Crippen molar-refractivity contribution in [2.75, 3.05) is 0 Å². The Bertz CT molecular complexity index is 388. The maximum absolute atomic E-state index is 6.39. The number of allylic oxidation sites excluding steroid dienone is 2. The summed E-state index contributed by atoms with van der Waals surface area (Å²) in [6.45, 7) is 0. The fraction of sp³-hybridized carbons (Fsp3) is 0.833. The van der Waals surface area contributed by atoms with Crippen LogP contribution >= 0.6 is 46.4 Å². The van der Waals surface area contributed by atoms with Crippen LogP contribution in [0.25, 0.3) is 0 Å². The van der Waals surface area contributed by atoms with Crippen LogP contribution in [0.5, 0.6) is 0 Å². The van der Waals surface area contributed by atoms with E-state index in [4.69, 9.17) is 46.4 Å². The largest absolute Gasteiger partial charge is 0.125 e. The topological polar surface area (TPSA) is 0 Å². The maximum atomic E-state index is 6.39. The third-order valence-electron chi connectivity index (χ3n) is 5.30. The Morgan fingerprint density at radius 2 is 1.94 bits per heavy atom. The van der Waals surface area contributed by atoms with Gasteiger partial charge in [-0.25, -0.2) is 0 Å². The lowest BCUT2D eigenvalue weighted by molar-refractivity contribution is 0.309. The van der Waals surface area contributed by atoms with Crippen LogP contribution in [0.15, 0.2) is 11.1 Å². The van der Waals surface area contributed by atoms with Crippen LogP contribution in [0.3, 0.4) is 0 Å².